The second-order valence-electron chi connectivity index (χ2n) is 6.62. The monoisotopic (exact) mass is 368 g/mol. The van der Waals surface area contributed by atoms with E-state index in [1.54, 1.807) is 0 Å². The summed E-state index contributed by atoms with van der Waals surface area (Å²) >= 11 is 1.52. The summed E-state index contributed by atoms with van der Waals surface area (Å²) < 4.78 is 0. The van der Waals surface area contributed by atoms with Crippen molar-refractivity contribution in [1.82, 2.24) is 5.32 Å². The van der Waals surface area contributed by atoms with Crippen molar-refractivity contribution in [3.63, 3.8) is 0 Å². The summed E-state index contributed by atoms with van der Waals surface area (Å²) in [5, 5.41) is 5.78. The zero-order chi connectivity index (χ0) is 18.5. The number of hydrogen-bond donors (Lipinski definition) is 2. The van der Waals surface area contributed by atoms with Gasteiger partial charge in [-0.25, -0.2) is 0 Å². The second-order valence-corrected chi connectivity index (χ2v) is 8.03. The van der Waals surface area contributed by atoms with Gasteiger partial charge in [0.1, 0.15) is 0 Å². The summed E-state index contributed by atoms with van der Waals surface area (Å²) in [5.74, 6) is -0.0337. The molecule has 0 aromatic heterocycles. The van der Waals surface area contributed by atoms with Crippen molar-refractivity contribution in [3.8, 4) is 0 Å². The first-order valence-corrected chi connectivity index (χ1v) is 9.83. The Bertz CT molecular complexity index is 789. The van der Waals surface area contributed by atoms with E-state index in [-0.39, 0.29) is 23.1 Å². The highest BCUT2D eigenvalue weighted by Gasteiger charge is 2.24. The quantitative estimate of drug-likeness (QED) is 0.773. The van der Waals surface area contributed by atoms with E-state index in [2.05, 4.69) is 28.8 Å². The van der Waals surface area contributed by atoms with Gasteiger partial charge in [0, 0.05) is 17.5 Å². The Hall–Kier alpha value is -2.27. The molecule has 2 aromatic carbocycles. The van der Waals surface area contributed by atoms with E-state index in [1.807, 2.05) is 37.3 Å². The maximum Gasteiger partial charge on any atom is 0.233 e. The minimum absolute atomic E-state index is 0.0580. The summed E-state index contributed by atoms with van der Waals surface area (Å²) in [6, 6.07) is 16.0. The van der Waals surface area contributed by atoms with E-state index in [9.17, 15) is 9.59 Å². The van der Waals surface area contributed by atoms with Crippen LogP contribution in [-0.4, -0.2) is 17.1 Å². The summed E-state index contributed by atoms with van der Waals surface area (Å²) in [6.45, 7) is 3.41. The van der Waals surface area contributed by atoms with Crippen LogP contribution in [0.15, 0.2) is 53.4 Å². The van der Waals surface area contributed by atoms with E-state index in [1.165, 1.54) is 29.8 Å². The molecule has 26 heavy (non-hydrogen) atoms. The molecule has 0 saturated carbocycles. The molecule has 0 aliphatic heterocycles. The number of nitrogens with one attached hydrogen (secondary N) is 2. The van der Waals surface area contributed by atoms with E-state index in [0.29, 0.717) is 0 Å². The van der Waals surface area contributed by atoms with Crippen LogP contribution in [0.25, 0.3) is 0 Å². The fourth-order valence-corrected chi connectivity index (χ4v) is 4.15. The van der Waals surface area contributed by atoms with Crippen LogP contribution in [-0.2, 0) is 16.0 Å². The van der Waals surface area contributed by atoms with Crippen LogP contribution >= 0.6 is 11.8 Å². The van der Waals surface area contributed by atoms with Gasteiger partial charge in [0.15, 0.2) is 0 Å². The molecule has 0 spiro atoms. The number of amides is 2. The summed E-state index contributed by atoms with van der Waals surface area (Å²) in [7, 11) is 0. The minimum Gasteiger partial charge on any atom is -0.348 e. The SMILES string of the molecule is CC(=O)Nc1ccc(SC(C)C(=O)NC2CCCc3ccccc32)cc1. The smallest absolute Gasteiger partial charge is 0.233 e. The standard InChI is InChI=1S/C21H24N2O2S/c1-14(26-18-12-10-17(11-13-18)22-15(2)24)21(25)23-20-9-5-7-16-6-3-4-8-19(16)20/h3-4,6,8,10-14,20H,5,7,9H2,1-2H3,(H,22,24)(H,23,25). The third-order valence-corrected chi connectivity index (χ3v) is 5.65. The van der Waals surface area contributed by atoms with Gasteiger partial charge in [-0.05, 0) is 61.6 Å². The molecule has 0 heterocycles. The third kappa shape index (κ3) is 4.67. The van der Waals surface area contributed by atoms with Crippen LogP contribution in [0.3, 0.4) is 0 Å². The number of carbonyl (C=O) groups is 2. The van der Waals surface area contributed by atoms with E-state index < -0.39 is 0 Å². The maximum absolute atomic E-state index is 12.6. The largest absolute Gasteiger partial charge is 0.348 e. The molecule has 0 saturated heterocycles. The van der Waals surface area contributed by atoms with Gasteiger partial charge in [0.2, 0.25) is 11.8 Å². The lowest BCUT2D eigenvalue weighted by Gasteiger charge is -2.27. The minimum atomic E-state index is -0.185. The number of benzene rings is 2. The molecular weight excluding hydrogens is 344 g/mol. The maximum atomic E-state index is 12.6. The van der Waals surface area contributed by atoms with Crippen molar-refractivity contribution >= 4 is 29.3 Å². The lowest BCUT2D eigenvalue weighted by molar-refractivity contribution is -0.121. The highest BCUT2D eigenvalue weighted by Crippen LogP contribution is 2.31. The Morgan fingerprint density at radius 2 is 1.85 bits per heavy atom. The highest BCUT2D eigenvalue weighted by atomic mass is 32.2. The van der Waals surface area contributed by atoms with E-state index in [0.717, 1.165) is 29.8 Å². The topological polar surface area (TPSA) is 58.2 Å². The van der Waals surface area contributed by atoms with Gasteiger partial charge in [-0.2, -0.15) is 0 Å². The number of carbonyl (C=O) groups excluding carboxylic acids is 2. The van der Waals surface area contributed by atoms with Crippen LogP contribution in [0.5, 0.6) is 0 Å². The van der Waals surface area contributed by atoms with Crippen LogP contribution in [0, 0.1) is 0 Å². The fourth-order valence-electron chi connectivity index (χ4n) is 3.27. The van der Waals surface area contributed by atoms with Crippen LogP contribution in [0.1, 0.15) is 43.9 Å². The molecule has 2 amide bonds. The first kappa shape index (κ1) is 18.5. The fraction of sp³-hybridized carbons (Fsp3) is 0.333. The van der Waals surface area contributed by atoms with Crippen molar-refractivity contribution in [2.45, 2.75) is 49.3 Å². The van der Waals surface area contributed by atoms with E-state index in [4.69, 9.17) is 0 Å². The summed E-state index contributed by atoms with van der Waals surface area (Å²) in [6.07, 6.45) is 3.19. The highest BCUT2D eigenvalue weighted by molar-refractivity contribution is 8.00. The molecule has 1 aliphatic carbocycles. The molecule has 0 fully saturated rings. The van der Waals surface area contributed by atoms with Gasteiger partial charge < -0.3 is 10.6 Å². The molecule has 1 aliphatic rings. The molecule has 2 N–H and O–H groups in total. The van der Waals surface area contributed by atoms with Crippen molar-refractivity contribution in [2.75, 3.05) is 5.32 Å². The predicted molar refractivity (Wildman–Crippen MR) is 106 cm³/mol. The van der Waals surface area contributed by atoms with Crippen molar-refractivity contribution in [2.24, 2.45) is 0 Å². The average Bonchev–Trinajstić information content (AvgIpc) is 2.63. The van der Waals surface area contributed by atoms with Gasteiger partial charge in [-0.15, -0.1) is 11.8 Å². The van der Waals surface area contributed by atoms with Gasteiger partial charge in [0.05, 0.1) is 11.3 Å². The molecule has 0 radical (unpaired) electrons. The number of aryl methyl sites for hydroxylation is 1. The number of fused-ring (bicyclic) bond motifs is 1. The normalized spacial score (nSPS) is 17.1. The molecule has 0 bridgehead atoms. The molecule has 2 atom stereocenters. The van der Waals surface area contributed by atoms with Crippen LogP contribution < -0.4 is 10.6 Å². The number of hydrogen-bond acceptors (Lipinski definition) is 3. The van der Waals surface area contributed by atoms with Gasteiger partial charge in [-0.1, -0.05) is 24.3 Å². The van der Waals surface area contributed by atoms with Crippen molar-refractivity contribution in [3.05, 3.63) is 59.7 Å². The zero-order valence-electron chi connectivity index (χ0n) is 15.1. The van der Waals surface area contributed by atoms with Gasteiger partial charge in [0.25, 0.3) is 0 Å². The van der Waals surface area contributed by atoms with Gasteiger partial charge in [-0.3, -0.25) is 9.59 Å². The Morgan fingerprint density at radius 1 is 1.12 bits per heavy atom. The predicted octanol–water partition coefficient (Wildman–Crippen LogP) is 4.32. The Balaban J connectivity index is 1.59. The Labute approximate surface area is 158 Å². The Kier molecular flexibility index (Phi) is 5.99. The molecule has 3 rings (SSSR count). The average molecular weight is 369 g/mol. The van der Waals surface area contributed by atoms with E-state index >= 15 is 0 Å². The molecular formula is C21H24N2O2S. The molecule has 2 aromatic rings. The first-order chi connectivity index (χ1) is 12.5. The molecule has 4 nitrogen and oxygen atoms in total. The van der Waals surface area contributed by atoms with Gasteiger partial charge >= 0.3 is 0 Å². The van der Waals surface area contributed by atoms with Crippen molar-refractivity contribution in [1.29, 1.82) is 0 Å². The summed E-state index contributed by atoms with van der Waals surface area (Å²) in [5.41, 5.74) is 3.36. The number of anilines is 1. The number of thioether (sulfide) groups is 1. The summed E-state index contributed by atoms with van der Waals surface area (Å²) in [4.78, 5) is 24.7. The lowest BCUT2D eigenvalue weighted by Crippen LogP contribution is -2.35. The van der Waals surface area contributed by atoms with Crippen LogP contribution in [0.2, 0.25) is 0 Å². The third-order valence-electron chi connectivity index (χ3n) is 4.54. The molecule has 136 valence electrons. The Morgan fingerprint density at radius 3 is 2.58 bits per heavy atom. The zero-order valence-corrected chi connectivity index (χ0v) is 15.9. The van der Waals surface area contributed by atoms with Crippen molar-refractivity contribution < 1.29 is 9.59 Å². The van der Waals surface area contributed by atoms with Crippen LogP contribution in [0.4, 0.5) is 5.69 Å². The molecule has 2 unspecified atom stereocenters. The first-order valence-electron chi connectivity index (χ1n) is 8.95. The molecule has 5 heteroatoms. The number of rotatable bonds is 5. The second kappa shape index (κ2) is 8.41. The lowest BCUT2D eigenvalue weighted by atomic mass is 9.88.